The van der Waals surface area contributed by atoms with Gasteiger partial charge in [-0.1, -0.05) is 0 Å². The van der Waals surface area contributed by atoms with Crippen LogP contribution in [0.4, 0.5) is 15.9 Å². The number of nitrogens with one attached hydrogen (secondary N) is 2. The lowest BCUT2D eigenvalue weighted by Crippen LogP contribution is -2.36. The molecule has 2 N–H and O–H groups in total. The maximum atomic E-state index is 14.0. The van der Waals surface area contributed by atoms with Gasteiger partial charge in [-0.3, -0.25) is 14.2 Å². The van der Waals surface area contributed by atoms with Gasteiger partial charge in [0.05, 0.1) is 11.3 Å². The van der Waals surface area contributed by atoms with E-state index in [1.54, 1.807) is 19.2 Å². The molecule has 0 spiro atoms. The molecule has 22 heavy (non-hydrogen) atoms. The van der Waals surface area contributed by atoms with E-state index in [4.69, 9.17) is 0 Å². The Kier molecular flexibility index (Phi) is 3.90. The van der Waals surface area contributed by atoms with Crippen LogP contribution in [0.2, 0.25) is 0 Å². The number of amides is 1. The zero-order valence-corrected chi connectivity index (χ0v) is 13.9. The summed E-state index contributed by atoms with van der Waals surface area (Å²) in [6.45, 7) is 0.496. The lowest BCUT2D eigenvalue weighted by Gasteiger charge is -2.22. The van der Waals surface area contributed by atoms with Gasteiger partial charge in [0.25, 0.3) is 11.5 Å². The summed E-state index contributed by atoms with van der Waals surface area (Å²) in [5.74, 6) is -0.391. The number of carbonyl (C=O) groups is 1. The molecule has 1 aromatic carbocycles. The molecule has 7 heteroatoms. The molecule has 2 heterocycles. The summed E-state index contributed by atoms with van der Waals surface area (Å²) < 4.78 is 16.1. The van der Waals surface area contributed by atoms with Crippen molar-refractivity contribution >= 4 is 40.0 Å². The average molecular weight is 413 g/mol. The van der Waals surface area contributed by atoms with Crippen LogP contribution in [-0.4, -0.2) is 17.0 Å². The second kappa shape index (κ2) is 5.71. The average Bonchev–Trinajstić information content (AvgIpc) is 2.46. The molecule has 0 saturated carbocycles. The van der Waals surface area contributed by atoms with Crippen molar-refractivity contribution in [3.05, 3.63) is 55.1 Å². The maximum absolute atomic E-state index is 14.0. The van der Waals surface area contributed by atoms with Gasteiger partial charge in [0.15, 0.2) is 0 Å². The topological polar surface area (TPSA) is 63.1 Å². The third kappa shape index (κ3) is 2.60. The van der Waals surface area contributed by atoms with Gasteiger partial charge in [0.1, 0.15) is 11.6 Å². The predicted octanol–water partition coefficient (Wildman–Crippen LogP) is 2.16. The van der Waals surface area contributed by atoms with Crippen LogP contribution < -0.4 is 16.2 Å². The Labute approximate surface area is 139 Å². The highest BCUT2D eigenvalue weighted by atomic mass is 127. The molecule has 0 radical (unpaired) electrons. The van der Waals surface area contributed by atoms with Crippen molar-refractivity contribution < 1.29 is 9.18 Å². The Morgan fingerprint density at radius 2 is 2.09 bits per heavy atom. The first-order valence-corrected chi connectivity index (χ1v) is 7.78. The van der Waals surface area contributed by atoms with Crippen molar-refractivity contribution in [3.63, 3.8) is 0 Å². The number of fused-ring (bicyclic) bond motifs is 1. The van der Waals surface area contributed by atoms with Gasteiger partial charge >= 0.3 is 0 Å². The van der Waals surface area contributed by atoms with E-state index in [2.05, 4.69) is 10.6 Å². The fourth-order valence-corrected chi connectivity index (χ4v) is 2.92. The number of pyridine rings is 1. The largest absolute Gasteiger partial charge is 0.352 e. The molecule has 1 aliphatic rings. The van der Waals surface area contributed by atoms with E-state index in [1.807, 2.05) is 22.6 Å². The molecule has 114 valence electrons. The molecule has 1 aliphatic heterocycles. The van der Waals surface area contributed by atoms with Crippen molar-refractivity contribution in [1.82, 2.24) is 9.88 Å². The lowest BCUT2D eigenvalue weighted by atomic mass is 10.0. The van der Waals surface area contributed by atoms with Gasteiger partial charge in [-0.05, 0) is 52.8 Å². The minimum atomic E-state index is -0.437. The first kappa shape index (κ1) is 15.0. The van der Waals surface area contributed by atoms with Crippen LogP contribution in [-0.2, 0) is 13.5 Å². The van der Waals surface area contributed by atoms with E-state index in [0.717, 1.165) is 3.57 Å². The summed E-state index contributed by atoms with van der Waals surface area (Å²) >= 11 is 2.02. The molecule has 0 atom stereocenters. The monoisotopic (exact) mass is 413 g/mol. The van der Waals surface area contributed by atoms with Crippen LogP contribution in [0.1, 0.15) is 15.9 Å². The fraction of sp³-hybridized carbons (Fsp3) is 0.200. The van der Waals surface area contributed by atoms with Gasteiger partial charge in [-0.25, -0.2) is 4.39 Å². The third-order valence-corrected chi connectivity index (χ3v) is 4.28. The molecular formula is C15H13FIN3O2. The molecule has 0 saturated heterocycles. The standard InChI is InChI=1S/C15H13FIN3O2/c1-20-12(21)6-8-4-5-18-15(22)13(8)14(20)19-11-3-2-9(17)7-10(11)16/h2-3,6-7,19H,4-5H2,1H3,(H,18,22). The van der Waals surface area contributed by atoms with Crippen LogP contribution in [0.15, 0.2) is 29.1 Å². The van der Waals surface area contributed by atoms with E-state index in [9.17, 15) is 14.0 Å². The zero-order chi connectivity index (χ0) is 15.9. The van der Waals surface area contributed by atoms with Gasteiger partial charge < -0.3 is 10.6 Å². The van der Waals surface area contributed by atoms with E-state index in [-0.39, 0.29) is 17.2 Å². The summed E-state index contributed by atoms with van der Waals surface area (Å²) in [6, 6.07) is 6.18. The first-order chi connectivity index (χ1) is 10.5. The van der Waals surface area contributed by atoms with E-state index >= 15 is 0 Å². The summed E-state index contributed by atoms with van der Waals surface area (Å²) in [4.78, 5) is 24.2. The van der Waals surface area contributed by atoms with Crippen molar-refractivity contribution in [2.75, 3.05) is 11.9 Å². The second-order valence-corrected chi connectivity index (χ2v) is 6.29. The number of anilines is 2. The number of carbonyl (C=O) groups excluding carboxylic acids is 1. The highest BCUT2D eigenvalue weighted by molar-refractivity contribution is 14.1. The summed E-state index contributed by atoms with van der Waals surface area (Å²) in [5.41, 5.74) is 1.07. The number of benzene rings is 1. The Morgan fingerprint density at radius 1 is 1.32 bits per heavy atom. The molecule has 0 bridgehead atoms. The van der Waals surface area contributed by atoms with E-state index < -0.39 is 5.82 Å². The van der Waals surface area contributed by atoms with Crippen molar-refractivity contribution in [1.29, 1.82) is 0 Å². The highest BCUT2D eigenvalue weighted by Gasteiger charge is 2.24. The number of aromatic nitrogens is 1. The Hall–Kier alpha value is -1.90. The zero-order valence-electron chi connectivity index (χ0n) is 11.7. The molecule has 0 aliphatic carbocycles. The molecular weight excluding hydrogens is 400 g/mol. The highest BCUT2D eigenvalue weighted by Crippen LogP contribution is 2.26. The summed E-state index contributed by atoms with van der Waals surface area (Å²) in [6.07, 6.45) is 0.584. The van der Waals surface area contributed by atoms with Crippen LogP contribution >= 0.6 is 22.6 Å². The quantitative estimate of drug-likeness (QED) is 0.742. The Balaban J connectivity index is 2.15. The SMILES string of the molecule is Cn1c(Nc2ccc(I)cc2F)c2c(cc1=O)CCNC2=O. The van der Waals surface area contributed by atoms with Crippen molar-refractivity contribution in [2.24, 2.45) is 7.05 Å². The van der Waals surface area contributed by atoms with Gasteiger partial charge in [-0.2, -0.15) is 0 Å². The molecule has 1 amide bonds. The van der Waals surface area contributed by atoms with Crippen LogP contribution in [0.5, 0.6) is 0 Å². The fourth-order valence-electron chi connectivity index (χ4n) is 2.46. The molecule has 3 rings (SSSR count). The molecule has 1 aromatic heterocycles. The van der Waals surface area contributed by atoms with E-state index in [0.29, 0.717) is 29.9 Å². The first-order valence-electron chi connectivity index (χ1n) is 6.70. The van der Waals surface area contributed by atoms with Crippen molar-refractivity contribution in [3.8, 4) is 0 Å². The third-order valence-electron chi connectivity index (χ3n) is 3.61. The number of hydrogen-bond acceptors (Lipinski definition) is 3. The summed E-state index contributed by atoms with van der Waals surface area (Å²) in [7, 11) is 1.55. The molecule has 0 unspecified atom stereocenters. The molecule has 5 nitrogen and oxygen atoms in total. The van der Waals surface area contributed by atoms with Gasteiger partial charge in [0, 0.05) is 23.2 Å². The van der Waals surface area contributed by atoms with Crippen molar-refractivity contribution in [2.45, 2.75) is 6.42 Å². The number of rotatable bonds is 2. The number of hydrogen-bond donors (Lipinski definition) is 2. The van der Waals surface area contributed by atoms with Crippen LogP contribution in [0.25, 0.3) is 0 Å². The number of nitrogens with zero attached hydrogens (tertiary/aromatic N) is 1. The summed E-state index contributed by atoms with van der Waals surface area (Å²) in [5, 5.41) is 5.64. The maximum Gasteiger partial charge on any atom is 0.255 e. The van der Waals surface area contributed by atoms with Crippen LogP contribution in [0, 0.1) is 9.39 Å². The lowest BCUT2D eigenvalue weighted by molar-refractivity contribution is 0.0946. The Morgan fingerprint density at radius 3 is 2.82 bits per heavy atom. The molecule has 2 aromatic rings. The number of halogens is 2. The second-order valence-electron chi connectivity index (χ2n) is 5.05. The smallest absolute Gasteiger partial charge is 0.255 e. The molecule has 0 fully saturated rings. The van der Waals surface area contributed by atoms with Gasteiger partial charge in [-0.15, -0.1) is 0 Å². The Bertz CT molecular complexity index is 832. The minimum absolute atomic E-state index is 0.224. The van der Waals surface area contributed by atoms with Gasteiger partial charge in [0.2, 0.25) is 0 Å². The van der Waals surface area contributed by atoms with Crippen LogP contribution in [0.3, 0.4) is 0 Å². The van der Waals surface area contributed by atoms with E-state index in [1.165, 1.54) is 16.7 Å². The predicted molar refractivity (Wildman–Crippen MR) is 90.1 cm³/mol. The normalized spacial score (nSPS) is 13.5. The minimum Gasteiger partial charge on any atom is -0.352 e.